The Hall–Kier alpha value is -1.40. The van der Waals surface area contributed by atoms with Gasteiger partial charge in [-0.05, 0) is 37.9 Å². The molecule has 1 N–H and O–H groups in total. The Morgan fingerprint density at radius 2 is 2.00 bits per heavy atom. The molecule has 1 aliphatic heterocycles. The highest BCUT2D eigenvalue weighted by atomic mass is 32.2. The molecule has 0 amide bonds. The van der Waals surface area contributed by atoms with Crippen LogP contribution in [0.25, 0.3) is 11.0 Å². The summed E-state index contributed by atoms with van der Waals surface area (Å²) in [5.74, 6) is 0.660. The predicted molar refractivity (Wildman–Crippen MR) is 84.0 cm³/mol. The number of hydrogen-bond acceptors (Lipinski definition) is 4. The van der Waals surface area contributed by atoms with Gasteiger partial charge in [-0.3, -0.25) is 0 Å². The number of fused-ring (bicyclic) bond motifs is 1. The van der Waals surface area contributed by atoms with Crippen molar-refractivity contribution in [3.63, 3.8) is 0 Å². The van der Waals surface area contributed by atoms with Crippen molar-refractivity contribution in [2.75, 3.05) is 18.1 Å². The van der Waals surface area contributed by atoms with Gasteiger partial charge in [0.2, 0.25) is 0 Å². The van der Waals surface area contributed by atoms with E-state index in [9.17, 15) is 8.42 Å². The second kappa shape index (κ2) is 6.15. The zero-order valence-electron chi connectivity index (χ0n) is 12.0. The van der Waals surface area contributed by atoms with Crippen molar-refractivity contribution < 1.29 is 8.42 Å². The zero-order chi connectivity index (χ0) is 14.7. The highest BCUT2D eigenvalue weighted by Crippen LogP contribution is 2.13. The molecule has 5 nitrogen and oxygen atoms in total. The van der Waals surface area contributed by atoms with E-state index >= 15 is 0 Å². The molecule has 114 valence electrons. The van der Waals surface area contributed by atoms with E-state index in [1.54, 1.807) is 0 Å². The average molecular weight is 307 g/mol. The third-order valence-electron chi connectivity index (χ3n) is 4.09. The van der Waals surface area contributed by atoms with E-state index in [1.165, 1.54) is 5.52 Å². The van der Waals surface area contributed by atoms with Crippen LogP contribution in [0, 0.1) is 0 Å². The maximum absolute atomic E-state index is 11.4. The first-order valence-electron chi connectivity index (χ1n) is 7.48. The number of aryl methyl sites for hydroxylation is 1. The summed E-state index contributed by atoms with van der Waals surface area (Å²) < 4.78 is 24.9. The first-order chi connectivity index (χ1) is 10.1. The average Bonchev–Trinajstić information content (AvgIpc) is 2.88. The number of hydrogen-bond donors (Lipinski definition) is 1. The Balaban J connectivity index is 1.45. The first-order valence-corrected chi connectivity index (χ1v) is 9.30. The minimum atomic E-state index is -2.76. The molecule has 0 saturated carbocycles. The maximum Gasteiger partial charge on any atom is 0.150 e. The lowest BCUT2D eigenvalue weighted by atomic mass is 10.1. The van der Waals surface area contributed by atoms with Crippen LogP contribution in [-0.2, 0) is 16.4 Å². The van der Waals surface area contributed by atoms with Gasteiger partial charge in [-0.15, -0.1) is 0 Å². The molecule has 0 aliphatic carbocycles. The summed E-state index contributed by atoms with van der Waals surface area (Å²) in [6.07, 6.45) is 4.40. The van der Waals surface area contributed by atoms with Crippen molar-refractivity contribution in [2.45, 2.75) is 31.8 Å². The van der Waals surface area contributed by atoms with Crippen molar-refractivity contribution in [1.82, 2.24) is 14.9 Å². The minimum absolute atomic E-state index is 0.330. The molecule has 0 atom stereocenters. The zero-order valence-corrected chi connectivity index (χ0v) is 12.8. The smallest absolute Gasteiger partial charge is 0.150 e. The molecular weight excluding hydrogens is 286 g/mol. The van der Waals surface area contributed by atoms with Crippen molar-refractivity contribution in [3.8, 4) is 0 Å². The monoisotopic (exact) mass is 307 g/mol. The second-order valence-electron chi connectivity index (χ2n) is 5.66. The Morgan fingerprint density at radius 3 is 2.81 bits per heavy atom. The molecule has 1 saturated heterocycles. The number of benzene rings is 1. The summed E-state index contributed by atoms with van der Waals surface area (Å²) in [7, 11) is -2.76. The van der Waals surface area contributed by atoms with Crippen LogP contribution in [0.3, 0.4) is 0 Å². The predicted octanol–water partition coefficient (Wildman–Crippen LogP) is 1.59. The number of nitrogens with one attached hydrogen (secondary N) is 1. The van der Waals surface area contributed by atoms with E-state index in [-0.39, 0.29) is 0 Å². The summed E-state index contributed by atoms with van der Waals surface area (Å²) in [5, 5.41) is 3.47. The quantitative estimate of drug-likeness (QED) is 0.852. The molecule has 1 aromatic carbocycles. The lowest BCUT2D eigenvalue weighted by Gasteiger charge is -2.23. The Kier molecular flexibility index (Phi) is 4.26. The molecular formula is C15H21N3O2S. The molecule has 21 heavy (non-hydrogen) atoms. The van der Waals surface area contributed by atoms with Crippen LogP contribution in [-0.4, -0.2) is 42.1 Å². The fourth-order valence-corrected chi connectivity index (χ4v) is 4.33. The molecule has 0 radical (unpaired) electrons. The van der Waals surface area contributed by atoms with Gasteiger partial charge in [-0.25, -0.2) is 13.4 Å². The van der Waals surface area contributed by atoms with Gasteiger partial charge in [-0.2, -0.15) is 0 Å². The highest BCUT2D eigenvalue weighted by Gasteiger charge is 2.22. The number of imidazole rings is 1. The van der Waals surface area contributed by atoms with E-state index in [0.717, 1.165) is 37.9 Å². The van der Waals surface area contributed by atoms with Gasteiger partial charge in [0.1, 0.15) is 9.84 Å². The van der Waals surface area contributed by atoms with Gasteiger partial charge in [-0.1, -0.05) is 12.1 Å². The van der Waals surface area contributed by atoms with Gasteiger partial charge in [0.25, 0.3) is 0 Å². The molecule has 3 rings (SSSR count). The molecule has 1 aliphatic rings. The highest BCUT2D eigenvalue weighted by molar-refractivity contribution is 7.91. The van der Waals surface area contributed by atoms with E-state index in [2.05, 4.69) is 20.9 Å². The van der Waals surface area contributed by atoms with Crippen LogP contribution in [0.5, 0.6) is 0 Å². The number of sulfone groups is 1. The summed E-state index contributed by atoms with van der Waals surface area (Å²) in [5.41, 5.74) is 2.20. The second-order valence-corrected chi connectivity index (χ2v) is 7.96. The van der Waals surface area contributed by atoms with E-state index < -0.39 is 9.84 Å². The van der Waals surface area contributed by atoms with Crippen molar-refractivity contribution in [2.24, 2.45) is 0 Å². The largest absolute Gasteiger partial charge is 0.331 e. The molecule has 2 heterocycles. The molecule has 2 aromatic rings. The van der Waals surface area contributed by atoms with Gasteiger partial charge in [0.05, 0.1) is 28.9 Å². The lowest BCUT2D eigenvalue weighted by molar-refractivity contribution is 0.451. The van der Waals surface area contributed by atoms with E-state index in [0.29, 0.717) is 17.5 Å². The topological polar surface area (TPSA) is 64.0 Å². The normalized spacial score (nSPS) is 19.0. The van der Waals surface area contributed by atoms with Gasteiger partial charge < -0.3 is 9.88 Å². The van der Waals surface area contributed by atoms with Crippen LogP contribution in [0.2, 0.25) is 0 Å². The van der Waals surface area contributed by atoms with Crippen LogP contribution < -0.4 is 5.32 Å². The Labute approximate surface area is 125 Å². The fourth-order valence-electron chi connectivity index (χ4n) is 2.84. The van der Waals surface area contributed by atoms with Gasteiger partial charge in [0, 0.05) is 12.6 Å². The third kappa shape index (κ3) is 3.63. The third-order valence-corrected chi connectivity index (χ3v) is 5.81. The first kappa shape index (κ1) is 14.5. The molecule has 1 aromatic heterocycles. The van der Waals surface area contributed by atoms with Gasteiger partial charge >= 0.3 is 0 Å². The SMILES string of the molecule is O=S1(=O)CCC(NCCCn2cnc3ccccc32)CC1. The molecule has 0 bridgehead atoms. The molecule has 6 heteroatoms. The molecule has 0 spiro atoms. The van der Waals surface area contributed by atoms with Crippen LogP contribution in [0.15, 0.2) is 30.6 Å². The van der Waals surface area contributed by atoms with Crippen LogP contribution in [0.1, 0.15) is 19.3 Å². The van der Waals surface area contributed by atoms with Gasteiger partial charge in [0.15, 0.2) is 0 Å². The van der Waals surface area contributed by atoms with Crippen LogP contribution >= 0.6 is 0 Å². The van der Waals surface area contributed by atoms with E-state index in [4.69, 9.17) is 0 Å². The standard InChI is InChI=1S/C15H21N3O2S/c19-21(20)10-6-13(7-11-21)16-8-3-9-18-12-17-14-4-1-2-5-15(14)18/h1-2,4-5,12-13,16H,3,6-11H2. The molecule has 1 fully saturated rings. The summed E-state index contributed by atoms with van der Waals surface area (Å²) in [6, 6.07) is 8.49. The minimum Gasteiger partial charge on any atom is -0.331 e. The Morgan fingerprint density at radius 1 is 1.24 bits per heavy atom. The van der Waals surface area contributed by atoms with Crippen molar-refractivity contribution in [1.29, 1.82) is 0 Å². The number of rotatable bonds is 5. The Bertz CT molecular complexity index is 695. The van der Waals surface area contributed by atoms with E-state index in [1.807, 2.05) is 24.5 Å². The molecule has 0 unspecified atom stereocenters. The van der Waals surface area contributed by atoms with Crippen LogP contribution in [0.4, 0.5) is 0 Å². The number of para-hydroxylation sites is 2. The maximum atomic E-state index is 11.4. The summed E-state index contributed by atoms with van der Waals surface area (Å²) >= 11 is 0. The lowest BCUT2D eigenvalue weighted by Crippen LogP contribution is -2.38. The van der Waals surface area contributed by atoms with Crippen molar-refractivity contribution >= 4 is 20.9 Å². The van der Waals surface area contributed by atoms with Crippen molar-refractivity contribution in [3.05, 3.63) is 30.6 Å². The number of aromatic nitrogens is 2. The summed E-state index contributed by atoms with van der Waals surface area (Å²) in [6.45, 7) is 1.84. The summed E-state index contributed by atoms with van der Waals surface area (Å²) in [4.78, 5) is 4.38. The number of nitrogens with zero attached hydrogens (tertiary/aromatic N) is 2. The fraction of sp³-hybridized carbons (Fsp3) is 0.533.